The molecule has 3 aromatic carbocycles. The molecule has 0 aromatic heterocycles. The lowest BCUT2D eigenvalue weighted by atomic mass is 10.0. The third kappa shape index (κ3) is 7.85. The second kappa shape index (κ2) is 13.0. The second-order valence-electron chi connectivity index (χ2n) is 10.7. The Bertz CT molecular complexity index is 1410. The largest absolute Gasteiger partial charge is 0.383 e. The van der Waals surface area contributed by atoms with Gasteiger partial charge >= 0.3 is 0 Å². The molecule has 1 fully saturated rings. The van der Waals surface area contributed by atoms with Gasteiger partial charge < -0.3 is 15.5 Å². The van der Waals surface area contributed by atoms with Crippen molar-refractivity contribution in [3.05, 3.63) is 90.0 Å². The fraction of sp³-hybridized carbons (Fsp3) is 0.355. The lowest BCUT2D eigenvalue weighted by Gasteiger charge is -2.24. The van der Waals surface area contributed by atoms with E-state index in [1.54, 1.807) is 36.4 Å². The highest BCUT2D eigenvalue weighted by molar-refractivity contribution is 7.90. The molecule has 0 spiro atoms. The minimum atomic E-state index is -4.03. The number of nitrogens with zero attached hydrogens (tertiary/aromatic N) is 1. The van der Waals surface area contributed by atoms with Crippen molar-refractivity contribution in [2.75, 3.05) is 23.8 Å². The van der Waals surface area contributed by atoms with E-state index in [0.29, 0.717) is 23.1 Å². The Kier molecular flexibility index (Phi) is 9.47. The maximum Gasteiger partial charge on any atom is 0.264 e. The predicted molar refractivity (Wildman–Crippen MR) is 159 cm³/mol. The fourth-order valence-corrected chi connectivity index (χ4v) is 5.51. The van der Waals surface area contributed by atoms with Gasteiger partial charge in [0, 0.05) is 25.2 Å². The van der Waals surface area contributed by atoms with Crippen LogP contribution < -0.4 is 20.3 Å². The van der Waals surface area contributed by atoms with Crippen LogP contribution in [0.2, 0.25) is 0 Å². The van der Waals surface area contributed by atoms with Crippen LogP contribution in [0, 0.1) is 5.92 Å². The molecule has 0 bridgehead atoms. The number of carbonyl (C=O) groups excluding carboxylic acids is 2. The first-order valence-electron chi connectivity index (χ1n) is 13.7. The van der Waals surface area contributed by atoms with Gasteiger partial charge in [0.25, 0.3) is 15.9 Å². The molecule has 3 aromatic rings. The molecular weight excluding hydrogens is 524 g/mol. The SMILES string of the molecule is CC(C)CCNc1cc(C(=O)NC(CC(=O)NS(=O)(=O)c2ccccc2)c2ccccc2)ccc1N(C)C1CC1. The van der Waals surface area contributed by atoms with Crippen LogP contribution in [-0.2, 0) is 14.8 Å². The summed E-state index contributed by atoms with van der Waals surface area (Å²) in [5, 5.41) is 6.46. The number of nitrogens with one attached hydrogen (secondary N) is 3. The minimum absolute atomic E-state index is 0.00241. The van der Waals surface area contributed by atoms with Gasteiger partial charge in [-0.3, -0.25) is 9.59 Å². The lowest BCUT2D eigenvalue weighted by molar-refractivity contribution is -0.119. The first-order valence-corrected chi connectivity index (χ1v) is 15.2. The number of hydrogen-bond donors (Lipinski definition) is 3. The topological polar surface area (TPSA) is 108 Å². The van der Waals surface area contributed by atoms with Crippen molar-refractivity contribution in [3.8, 4) is 0 Å². The summed E-state index contributed by atoms with van der Waals surface area (Å²) in [6, 6.07) is 22.2. The van der Waals surface area contributed by atoms with E-state index >= 15 is 0 Å². The van der Waals surface area contributed by atoms with Crippen LogP contribution >= 0.6 is 0 Å². The quantitative estimate of drug-likeness (QED) is 0.267. The summed E-state index contributed by atoms with van der Waals surface area (Å²) in [5.41, 5.74) is 3.10. The molecule has 1 unspecified atom stereocenters. The summed E-state index contributed by atoms with van der Waals surface area (Å²) in [4.78, 5) is 28.6. The summed E-state index contributed by atoms with van der Waals surface area (Å²) >= 11 is 0. The average molecular weight is 563 g/mol. The Labute approximate surface area is 237 Å². The van der Waals surface area contributed by atoms with Crippen LogP contribution in [0.4, 0.5) is 11.4 Å². The number of rotatable bonds is 13. The maximum absolute atomic E-state index is 13.5. The zero-order valence-electron chi connectivity index (χ0n) is 23.3. The monoisotopic (exact) mass is 562 g/mol. The summed E-state index contributed by atoms with van der Waals surface area (Å²) in [5.74, 6) is -0.511. The first kappa shape index (κ1) is 29.1. The van der Waals surface area contributed by atoms with E-state index in [1.807, 2.05) is 30.3 Å². The molecular formula is C31H38N4O4S. The van der Waals surface area contributed by atoms with Crippen molar-refractivity contribution in [3.63, 3.8) is 0 Å². The highest BCUT2D eigenvalue weighted by atomic mass is 32.2. The van der Waals surface area contributed by atoms with Gasteiger partial charge in [-0.25, -0.2) is 13.1 Å². The van der Waals surface area contributed by atoms with E-state index in [1.165, 1.54) is 12.1 Å². The van der Waals surface area contributed by atoms with Crippen LogP contribution in [0.25, 0.3) is 0 Å². The van der Waals surface area contributed by atoms with Gasteiger partial charge in [0.1, 0.15) is 0 Å². The Balaban J connectivity index is 1.53. The van der Waals surface area contributed by atoms with E-state index in [2.05, 4.69) is 41.2 Å². The van der Waals surface area contributed by atoms with Crippen molar-refractivity contribution >= 4 is 33.2 Å². The average Bonchev–Trinajstić information content (AvgIpc) is 3.78. The Hall–Kier alpha value is -3.85. The fourth-order valence-electron chi connectivity index (χ4n) is 4.50. The lowest BCUT2D eigenvalue weighted by Crippen LogP contribution is -2.36. The van der Waals surface area contributed by atoms with E-state index < -0.39 is 22.0 Å². The number of hydrogen-bond acceptors (Lipinski definition) is 6. The molecule has 2 amide bonds. The predicted octanol–water partition coefficient (Wildman–Crippen LogP) is 5.11. The van der Waals surface area contributed by atoms with Gasteiger partial charge in [0.15, 0.2) is 0 Å². The highest BCUT2D eigenvalue weighted by Gasteiger charge is 2.28. The summed E-state index contributed by atoms with van der Waals surface area (Å²) < 4.78 is 27.5. The molecule has 0 saturated heterocycles. The third-order valence-electron chi connectivity index (χ3n) is 6.97. The summed E-state index contributed by atoms with van der Waals surface area (Å²) in [7, 11) is -1.95. The highest BCUT2D eigenvalue weighted by Crippen LogP contribution is 2.35. The van der Waals surface area contributed by atoms with Crippen LogP contribution in [0.15, 0.2) is 83.8 Å². The molecule has 1 saturated carbocycles. The number of benzene rings is 3. The number of anilines is 2. The van der Waals surface area contributed by atoms with E-state index in [4.69, 9.17) is 0 Å². The third-order valence-corrected chi connectivity index (χ3v) is 8.36. The van der Waals surface area contributed by atoms with Crippen LogP contribution in [-0.4, -0.2) is 39.9 Å². The number of sulfonamides is 1. The molecule has 8 nitrogen and oxygen atoms in total. The molecule has 1 atom stereocenters. The first-order chi connectivity index (χ1) is 19.1. The summed E-state index contributed by atoms with van der Waals surface area (Å²) in [6.45, 7) is 5.14. The van der Waals surface area contributed by atoms with Crippen molar-refractivity contribution < 1.29 is 18.0 Å². The zero-order valence-corrected chi connectivity index (χ0v) is 24.1. The molecule has 212 valence electrons. The molecule has 3 N–H and O–H groups in total. The maximum atomic E-state index is 13.5. The smallest absolute Gasteiger partial charge is 0.264 e. The van der Waals surface area contributed by atoms with Gasteiger partial charge in [-0.2, -0.15) is 0 Å². The minimum Gasteiger partial charge on any atom is -0.383 e. The van der Waals surface area contributed by atoms with E-state index in [9.17, 15) is 18.0 Å². The van der Waals surface area contributed by atoms with E-state index in [0.717, 1.165) is 37.2 Å². The normalized spacial score (nSPS) is 13.9. The number of carbonyl (C=O) groups is 2. The molecule has 1 aliphatic rings. The molecule has 0 aliphatic heterocycles. The Morgan fingerprint density at radius 1 is 0.950 bits per heavy atom. The van der Waals surface area contributed by atoms with Gasteiger partial charge in [-0.1, -0.05) is 62.4 Å². The van der Waals surface area contributed by atoms with Crippen molar-refractivity contribution in [1.29, 1.82) is 0 Å². The van der Waals surface area contributed by atoms with Crippen LogP contribution in [0.5, 0.6) is 0 Å². The zero-order chi connectivity index (χ0) is 28.7. The Morgan fingerprint density at radius 3 is 2.23 bits per heavy atom. The van der Waals surface area contributed by atoms with Gasteiger partial charge in [-0.05, 0) is 61.1 Å². The van der Waals surface area contributed by atoms with Gasteiger partial charge in [0.05, 0.1) is 28.7 Å². The van der Waals surface area contributed by atoms with Crippen molar-refractivity contribution in [1.82, 2.24) is 10.0 Å². The van der Waals surface area contributed by atoms with Crippen LogP contribution in [0.3, 0.4) is 0 Å². The standard InChI is InChI=1S/C31H38N4O4S/c1-22(2)18-19-32-28-20-24(14-17-29(28)35(3)25-15-16-25)31(37)33-27(23-10-6-4-7-11-23)21-30(36)34-40(38,39)26-12-8-5-9-13-26/h4-14,17,20,22,25,27,32H,15-16,18-19,21H2,1-3H3,(H,33,37)(H,34,36). The van der Waals surface area contributed by atoms with Gasteiger partial charge in [-0.15, -0.1) is 0 Å². The molecule has 1 aliphatic carbocycles. The molecule has 0 heterocycles. The molecule has 40 heavy (non-hydrogen) atoms. The number of amides is 2. The van der Waals surface area contributed by atoms with Crippen molar-refractivity contribution in [2.45, 2.75) is 56.5 Å². The summed E-state index contributed by atoms with van der Waals surface area (Å²) in [6.07, 6.45) is 3.07. The van der Waals surface area contributed by atoms with E-state index in [-0.39, 0.29) is 17.2 Å². The Morgan fingerprint density at radius 2 is 1.60 bits per heavy atom. The molecule has 0 radical (unpaired) electrons. The van der Waals surface area contributed by atoms with Gasteiger partial charge in [0.2, 0.25) is 5.91 Å². The molecule has 4 rings (SSSR count). The van der Waals surface area contributed by atoms with Crippen LogP contribution in [0.1, 0.15) is 61.5 Å². The van der Waals surface area contributed by atoms with Crippen molar-refractivity contribution in [2.24, 2.45) is 5.92 Å². The molecule has 9 heteroatoms. The second-order valence-corrected chi connectivity index (χ2v) is 12.3.